The standard InChI is InChI=1S/C16H10N2O6/c19-14(10-2-1-3-12(6-10)18(21)22)8-23-16(20)11-4-5-13-15(7-11)24-9-17-13/h1-7,9H,8H2. The highest BCUT2D eigenvalue weighted by atomic mass is 16.6. The number of carbonyl (C=O) groups excluding carboxylic acids is 2. The molecule has 24 heavy (non-hydrogen) atoms. The minimum atomic E-state index is -0.702. The van der Waals surface area contributed by atoms with Crippen LogP contribution in [0.25, 0.3) is 11.1 Å². The number of hydrogen-bond acceptors (Lipinski definition) is 7. The topological polar surface area (TPSA) is 113 Å². The Morgan fingerprint density at radius 1 is 1.17 bits per heavy atom. The molecule has 1 heterocycles. The number of nitro groups is 1. The van der Waals surface area contributed by atoms with Crippen molar-refractivity contribution in [1.82, 2.24) is 4.98 Å². The van der Waals surface area contributed by atoms with Gasteiger partial charge in [-0.2, -0.15) is 0 Å². The van der Waals surface area contributed by atoms with Gasteiger partial charge in [0.25, 0.3) is 5.69 Å². The van der Waals surface area contributed by atoms with Crippen LogP contribution >= 0.6 is 0 Å². The van der Waals surface area contributed by atoms with Crippen molar-refractivity contribution in [1.29, 1.82) is 0 Å². The summed E-state index contributed by atoms with van der Waals surface area (Å²) in [6.45, 7) is -0.519. The fourth-order valence-corrected chi connectivity index (χ4v) is 2.07. The Bertz CT molecular complexity index is 946. The van der Waals surface area contributed by atoms with Crippen LogP contribution in [0, 0.1) is 10.1 Å². The number of aromatic nitrogens is 1. The van der Waals surface area contributed by atoms with Crippen LogP contribution in [0.3, 0.4) is 0 Å². The Balaban J connectivity index is 1.68. The first-order chi connectivity index (χ1) is 11.5. The minimum absolute atomic E-state index is 0.0997. The molecule has 0 aliphatic heterocycles. The summed E-state index contributed by atoms with van der Waals surface area (Å²) in [7, 11) is 0. The Morgan fingerprint density at radius 3 is 2.79 bits per heavy atom. The number of non-ortho nitro benzene ring substituents is 1. The molecule has 0 N–H and O–H groups in total. The quantitative estimate of drug-likeness (QED) is 0.306. The Kier molecular flexibility index (Phi) is 4.02. The van der Waals surface area contributed by atoms with Crippen LogP contribution in [0.5, 0.6) is 0 Å². The number of rotatable bonds is 5. The van der Waals surface area contributed by atoms with Gasteiger partial charge in [-0.15, -0.1) is 0 Å². The van der Waals surface area contributed by atoms with Crippen LogP contribution in [-0.2, 0) is 4.74 Å². The average Bonchev–Trinajstić information content (AvgIpc) is 3.07. The lowest BCUT2D eigenvalue weighted by Gasteiger charge is -2.04. The molecule has 0 spiro atoms. The molecule has 120 valence electrons. The number of carbonyl (C=O) groups is 2. The van der Waals surface area contributed by atoms with E-state index in [1.54, 1.807) is 6.07 Å². The van der Waals surface area contributed by atoms with Gasteiger partial charge in [0.05, 0.1) is 10.5 Å². The molecule has 3 rings (SSSR count). The first-order valence-corrected chi connectivity index (χ1v) is 6.82. The molecule has 0 radical (unpaired) electrons. The Morgan fingerprint density at radius 2 is 2.00 bits per heavy atom. The van der Waals surface area contributed by atoms with E-state index in [9.17, 15) is 19.7 Å². The van der Waals surface area contributed by atoms with Gasteiger partial charge < -0.3 is 9.15 Å². The highest BCUT2D eigenvalue weighted by Gasteiger charge is 2.15. The number of fused-ring (bicyclic) bond motifs is 1. The normalized spacial score (nSPS) is 10.5. The predicted octanol–water partition coefficient (Wildman–Crippen LogP) is 2.78. The molecule has 0 bridgehead atoms. The average molecular weight is 326 g/mol. The SMILES string of the molecule is O=C(COC(=O)c1ccc2ncoc2c1)c1cccc([N+](=O)[O-])c1. The molecule has 0 unspecified atom stereocenters. The third-order valence-corrected chi connectivity index (χ3v) is 3.28. The monoisotopic (exact) mass is 326 g/mol. The molecule has 0 aliphatic rings. The van der Waals surface area contributed by atoms with Gasteiger partial charge in [0, 0.05) is 17.7 Å². The van der Waals surface area contributed by atoms with Crippen molar-refractivity contribution in [3.8, 4) is 0 Å². The summed E-state index contributed by atoms with van der Waals surface area (Å²) in [6.07, 6.45) is 1.26. The van der Waals surface area contributed by atoms with Gasteiger partial charge in [-0.3, -0.25) is 14.9 Å². The van der Waals surface area contributed by atoms with E-state index >= 15 is 0 Å². The van der Waals surface area contributed by atoms with E-state index in [1.807, 2.05) is 0 Å². The molecule has 3 aromatic rings. The molecule has 2 aromatic carbocycles. The predicted molar refractivity (Wildman–Crippen MR) is 81.7 cm³/mol. The summed E-state index contributed by atoms with van der Waals surface area (Å²) in [5.41, 5.74) is 1.13. The summed E-state index contributed by atoms with van der Waals surface area (Å²) >= 11 is 0. The third kappa shape index (κ3) is 3.12. The molecule has 8 heteroatoms. The number of esters is 1. The number of ether oxygens (including phenoxy) is 1. The first kappa shape index (κ1) is 15.3. The van der Waals surface area contributed by atoms with Crippen molar-refractivity contribution >= 4 is 28.5 Å². The van der Waals surface area contributed by atoms with Gasteiger partial charge in [-0.1, -0.05) is 12.1 Å². The first-order valence-electron chi connectivity index (χ1n) is 6.82. The fourth-order valence-electron chi connectivity index (χ4n) is 2.07. The maximum atomic E-state index is 12.0. The van der Waals surface area contributed by atoms with Crippen LogP contribution < -0.4 is 0 Å². The molecule has 0 fully saturated rings. The van der Waals surface area contributed by atoms with E-state index in [0.717, 1.165) is 6.07 Å². The van der Waals surface area contributed by atoms with Crippen LogP contribution in [0.1, 0.15) is 20.7 Å². The zero-order valence-electron chi connectivity index (χ0n) is 12.2. The second-order valence-electron chi connectivity index (χ2n) is 4.84. The van der Waals surface area contributed by atoms with Crippen LogP contribution in [0.2, 0.25) is 0 Å². The molecule has 1 aromatic heterocycles. The van der Waals surface area contributed by atoms with Crippen molar-refractivity contribution in [2.24, 2.45) is 0 Å². The van der Waals surface area contributed by atoms with E-state index in [1.165, 1.54) is 36.7 Å². The number of nitro benzene ring substituents is 1. The highest BCUT2D eigenvalue weighted by Crippen LogP contribution is 2.16. The number of nitrogens with zero attached hydrogens (tertiary/aromatic N) is 2. The number of benzene rings is 2. The van der Waals surface area contributed by atoms with Gasteiger partial charge in [-0.25, -0.2) is 9.78 Å². The molecular formula is C16H10N2O6. The number of Topliss-reactive ketones (excluding diaryl/α,β-unsaturated/α-hetero) is 1. The van der Waals surface area contributed by atoms with Gasteiger partial charge in [-0.05, 0) is 18.2 Å². The van der Waals surface area contributed by atoms with Crippen LogP contribution in [0.15, 0.2) is 53.3 Å². The van der Waals surface area contributed by atoms with Gasteiger partial charge in [0.1, 0.15) is 5.52 Å². The van der Waals surface area contributed by atoms with Gasteiger partial charge in [0.15, 0.2) is 18.6 Å². The van der Waals surface area contributed by atoms with Gasteiger partial charge >= 0.3 is 5.97 Å². The lowest BCUT2D eigenvalue weighted by Crippen LogP contribution is -2.14. The lowest BCUT2D eigenvalue weighted by molar-refractivity contribution is -0.384. The molecule has 0 amide bonds. The smallest absolute Gasteiger partial charge is 0.338 e. The Labute approximate surface area is 134 Å². The van der Waals surface area contributed by atoms with Crippen molar-refractivity contribution in [2.75, 3.05) is 6.61 Å². The maximum absolute atomic E-state index is 12.0. The van der Waals surface area contributed by atoms with E-state index < -0.39 is 23.3 Å². The lowest BCUT2D eigenvalue weighted by atomic mass is 10.1. The van der Waals surface area contributed by atoms with E-state index in [4.69, 9.17) is 9.15 Å². The minimum Gasteiger partial charge on any atom is -0.454 e. The number of ketones is 1. The molecular weight excluding hydrogens is 316 g/mol. The fraction of sp³-hybridized carbons (Fsp3) is 0.0625. The Hall–Kier alpha value is -3.55. The summed E-state index contributed by atoms with van der Waals surface area (Å²) in [5.74, 6) is -1.24. The maximum Gasteiger partial charge on any atom is 0.338 e. The summed E-state index contributed by atoms with van der Waals surface area (Å²) in [5, 5.41) is 10.7. The zero-order valence-corrected chi connectivity index (χ0v) is 12.2. The molecule has 8 nitrogen and oxygen atoms in total. The van der Waals surface area contributed by atoms with E-state index in [-0.39, 0.29) is 16.8 Å². The largest absolute Gasteiger partial charge is 0.454 e. The van der Waals surface area contributed by atoms with Crippen molar-refractivity contribution in [3.63, 3.8) is 0 Å². The molecule has 0 saturated carbocycles. The summed E-state index contributed by atoms with van der Waals surface area (Å²) < 4.78 is 10.0. The van der Waals surface area contributed by atoms with E-state index in [0.29, 0.717) is 11.1 Å². The van der Waals surface area contributed by atoms with Gasteiger partial charge in [0.2, 0.25) is 5.78 Å². The van der Waals surface area contributed by atoms with Crippen molar-refractivity contribution in [2.45, 2.75) is 0 Å². The van der Waals surface area contributed by atoms with E-state index in [2.05, 4.69) is 4.98 Å². The van der Waals surface area contributed by atoms with Crippen molar-refractivity contribution < 1.29 is 23.7 Å². The molecule has 0 atom stereocenters. The number of hydrogen-bond donors (Lipinski definition) is 0. The second kappa shape index (κ2) is 6.29. The van der Waals surface area contributed by atoms with Crippen LogP contribution in [-0.4, -0.2) is 28.3 Å². The second-order valence-corrected chi connectivity index (χ2v) is 4.84. The number of oxazole rings is 1. The summed E-state index contributed by atoms with van der Waals surface area (Å²) in [6, 6.07) is 9.78. The van der Waals surface area contributed by atoms with Crippen molar-refractivity contribution in [3.05, 3.63) is 70.1 Å². The highest BCUT2D eigenvalue weighted by molar-refractivity contribution is 6.00. The van der Waals surface area contributed by atoms with Crippen LogP contribution in [0.4, 0.5) is 5.69 Å². The molecule has 0 saturated heterocycles. The summed E-state index contributed by atoms with van der Waals surface area (Å²) in [4.78, 5) is 38.0. The zero-order chi connectivity index (χ0) is 17.1. The third-order valence-electron chi connectivity index (χ3n) is 3.28. The molecule has 0 aliphatic carbocycles.